The van der Waals surface area contributed by atoms with Gasteiger partial charge in [0.25, 0.3) is 5.91 Å². The molecule has 3 aromatic heterocycles. The molecule has 0 aromatic carbocycles. The molecule has 0 spiro atoms. The maximum absolute atomic E-state index is 12.5. The van der Waals surface area contributed by atoms with Gasteiger partial charge in [-0.1, -0.05) is 0 Å². The fourth-order valence-corrected chi connectivity index (χ4v) is 3.44. The van der Waals surface area contributed by atoms with E-state index in [2.05, 4.69) is 10.4 Å². The molecule has 8 heteroatoms. The molecular formula is C18H21FN6O. The molecule has 0 atom stereocenters. The highest BCUT2D eigenvalue weighted by Crippen LogP contribution is 2.30. The van der Waals surface area contributed by atoms with Gasteiger partial charge in [0.15, 0.2) is 0 Å². The summed E-state index contributed by atoms with van der Waals surface area (Å²) in [4.78, 5) is 19.0. The third kappa shape index (κ3) is 2.71. The minimum absolute atomic E-state index is 0.0495. The Labute approximate surface area is 150 Å². The van der Waals surface area contributed by atoms with Crippen molar-refractivity contribution in [1.29, 1.82) is 0 Å². The summed E-state index contributed by atoms with van der Waals surface area (Å²) in [7, 11) is 3.78. The van der Waals surface area contributed by atoms with Gasteiger partial charge < -0.3 is 14.8 Å². The number of hydrogen-bond donors (Lipinski definition) is 1. The molecule has 0 bridgehead atoms. The van der Waals surface area contributed by atoms with Crippen LogP contribution in [0.2, 0.25) is 0 Å². The summed E-state index contributed by atoms with van der Waals surface area (Å²) in [6.07, 6.45) is 4.80. The quantitative estimate of drug-likeness (QED) is 0.763. The fraction of sp³-hybridized carbons (Fsp3) is 0.389. The van der Waals surface area contributed by atoms with Gasteiger partial charge in [-0.2, -0.15) is 5.10 Å². The highest BCUT2D eigenvalue weighted by molar-refractivity contribution is 6.08. The van der Waals surface area contributed by atoms with E-state index >= 15 is 0 Å². The van der Waals surface area contributed by atoms with E-state index < -0.39 is 0 Å². The normalized spacial score (nSPS) is 14.1. The van der Waals surface area contributed by atoms with Crippen molar-refractivity contribution in [2.75, 3.05) is 25.6 Å². The summed E-state index contributed by atoms with van der Waals surface area (Å²) in [5.74, 6) is 0.731. The molecule has 1 aliphatic heterocycles. The van der Waals surface area contributed by atoms with Gasteiger partial charge >= 0.3 is 0 Å². The maximum atomic E-state index is 12.5. The van der Waals surface area contributed by atoms with Crippen LogP contribution in [0.1, 0.15) is 22.5 Å². The lowest BCUT2D eigenvalue weighted by Gasteiger charge is -2.23. The molecule has 0 saturated heterocycles. The van der Waals surface area contributed by atoms with E-state index in [0.717, 1.165) is 40.9 Å². The van der Waals surface area contributed by atoms with E-state index in [1.165, 1.54) is 0 Å². The average molecular weight is 356 g/mol. The van der Waals surface area contributed by atoms with Crippen molar-refractivity contribution >= 4 is 28.4 Å². The second-order valence-electron chi connectivity index (χ2n) is 6.58. The second-order valence-corrected chi connectivity index (χ2v) is 6.58. The number of nitrogens with one attached hydrogen (secondary N) is 1. The molecule has 26 heavy (non-hydrogen) atoms. The first-order valence-corrected chi connectivity index (χ1v) is 8.67. The fourth-order valence-electron chi connectivity index (χ4n) is 3.44. The first-order chi connectivity index (χ1) is 12.6. The smallest absolute Gasteiger partial charge is 0.256 e. The van der Waals surface area contributed by atoms with Crippen molar-refractivity contribution in [1.82, 2.24) is 24.2 Å². The van der Waals surface area contributed by atoms with Crippen LogP contribution < -0.4 is 5.32 Å². The summed E-state index contributed by atoms with van der Waals surface area (Å²) in [5, 5.41) is 8.31. The van der Waals surface area contributed by atoms with Crippen LogP contribution in [0, 0.1) is 0 Å². The minimum Gasteiger partial charge on any atom is -0.341 e. The van der Waals surface area contributed by atoms with Gasteiger partial charge in [0.2, 0.25) is 0 Å². The first-order valence-electron chi connectivity index (χ1n) is 8.67. The molecule has 4 rings (SSSR count). The van der Waals surface area contributed by atoms with Gasteiger partial charge in [-0.15, -0.1) is 0 Å². The number of aryl methyl sites for hydroxylation is 2. The largest absolute Gasteiger partial charge is 0.341 e. The molecule has 0 fully saturated rings. The SMILES string of the molecule is CN1CCc2c(c3ccc(Nc4cnn(CCCF)c4)nc3n2C)C1=O. The van der Waals surface area contributed by atoms with Crippen molar-refractivity contribution in [2.45, 2.75) is 19.4 Å². The predicted molar refractivity (Wildman–Crippen MR) is 97.5 cm³/mol. The number of alkyl halides is 1. The highest BCUT2D eigenvalue weighted by atomic mass is 19.1. The van der Waals surface area contributed by atoms with E-state index in [4.69, 9.17) is 4.98 Å². The zero-order valence-electron chi connectivity index (χ0n) is 14.9. The Bertz CT molecular complexity index is 976. The number of anilines is 2. The summed E-state index contributed by atoms with van der Waals surface area (Å²) in [5.41, 5.74) is 3.38. The Kier molecular flexibility index (Phi) is 4.10. The van der Waals surface area contributed by atoms with Crippen molar-refractivity contribution < 1.29 is 9.18 Å². The number of nitrogens with zero attached hydrogens (tertiary/aromatic N) is 5. The highest BCUT2D eigenvalue weighted by Gasteiger charge is 2.28. The average Bonchev–Trinajstić information content (AvgIpc) is 3.19. The summed E-state index contributed by atoms with van der Waals surface area (Å²) in [6, 6.07) is 3.80. The number of amides is 1. The summed E-state index contributed by atoms with van der Waals surface area (Å²) < 4.78 is 16.0. The molecule has 0 unspecified atom stereocenters. The van der Waals surface area contributed by atoms with Gasteiger partial charge in [-0.25, -0.2) is 4.98 Å². The van der Waals surface area contributed by atoms with Gasteiger partial charge in [-0.3, -0.25) is 13.9 Å². The van der Waals surface area contributed by atoms with Crippen LogP contribution in [-0.4, -0.2) is 50.4 Å². The Morgan fingerprint density at radius 2 is 2.15 bits per heavy atom. The number of pyridine rings is 1. The number of aromatic nitrogens is 4. The summed E-state index contributed by atoms with van der Waals surface area (Å²) in [6.45, 7) is 0.914. The van der Waals surface area contributed by atoms with E-state index in [9.17, 15) is 9.18 Å². The lowest BCUT2D eigenvalue weighted by atomic mass is 10.1. The van der Waals surface area contributed by atoms with Crippen LogP contribution in [0.3, 0.4) is 0 Å². The first kappa shape index (κ1) is 16.6. The van der Waals surface area contributed by atoms with Gasteiger partial charge in [0, 0.05) is 50.9 Å². The number of carbonyl (C=O) groups excluding carboxylic acids is 1. The topological polar surface area (TPSA) is 68.0 Å². The number of carbonyl (C=O) groups is 1. The van der Waals surface area contributed by atoms with Crippen LogP contribution in [0.15, 0.2) is 24.5 Å². The van der Waals surface area contributed by atoms with Crippen LogP contribution in [0.4, 0.5) is 15.9 Å². The van der Waals surface area contributed by atoms with E-state index in [1.54, 1.807) is 15.8 Å². The second kappa shape index (κ2) is 6.44. The van der Waals surface area contributed by atoms with Crippen molar-refractivity contribution in [2.24, 2.45) is 7.05 Å². The Hall–Kier alpha value is -2.90. The molecular weight excluding hydrogens is 335 g/mol. The molecule has 1 aliphatic rings. The standard InChI is InChI=1S/C18H21FN6O/c1-23-9-6-14-16(18(23)26)13-4-5-15(22-17(13)24(14)2)21-12-10-20-25(11-12)8-3-7-19/h4-5,10-11H,3,6-9H2,1-2H3,(H,21,22). The van der Waals surface area contributed by atoms with Crippen LogP contribution in [0.25, 0.3) is 11.0 Å². The monoisotopic (exact) mass is 356 g/mol. The molecule has 3 aromatic rings. The maximum Gasteiger partial charge on any atom is 0.256 e. The van der Waals surface area contributed by atoms with Gasteiger partial charge in [-0.05, 0) is 18.6 Å². The van der Waals surface area contributed by atoms with E-state index in [0.29, 0.717) is 18.8 Å². The number of likely N-dealkylation sites (N-methyl/N-ethyl adjacent to an activating group) is 1. The summed E-state index contributed by atoms with van der Waals surface area (Å²) >= 11 is 0. The lowest BCUT2D eigenvalue weighted by Crippen LogP contribution is -2.34. The molecule has 136 valence electrons. The van der Waals surface area contributed by atoms with E-state index in [1.807, 2.05) is 37.0 Å². The van der Waals surface area contributed by atoms with Gasteiger partial charge in [0.05, 0.1) is 24.1 Å². The predicted octanol–water partition coefficient (Wildman–Crippen LogP) is 2.50. The number of hydrogen-bond acceptors (Lipinski definition) is 4. The van der Waals surface area contributed by atoms with Crippen molar-refractivity contribution in [3.63, 3.8) is 0 Å². The molecule has 1 amide bonds. The molecule has 0 aliphatic carbocycles. The molecule has 1 N–H and O–H groups in total. The Balaban J connectivity index is 1.65. The lowest BCUT2D eigenvalue weighted by molar-refractivity contribution is 0.0781. The Morgan fingerprint density at radius 1 is 1.31 bits per heavy atom. The zero-order valence-corrected chi connectivity index (χ0v) is 14.9. The van der Waals surface area contributed by atoms with Crippen molar-refractivity contribution in [3.8, 4) is 0 Å². The molecule has 4 heterocycles. The minimum atomic E-state index is -0.354. The van der Waals surface area contributed by atoms with E-state index in [-0.39, 0.29) is 12.6 Å². The molecule has 0 radical (unpaired) electrons. The third-order valence-electron chi connectivity index (χ3n) is 4.83. The van der Waals surface area contributed by atoms with Crippen LogP contribution in [0.5, 0.6) is 0 Å². The van der Waals surface area contributed by atoms with Crippen molar-refractivity contribution in [3.05, 3.63) is 35.8 Å². The van der Waals surface area contributed by atoms with Crippen LogP contribution >= 0.6 is 0 Å². The number of rotatable bonds is 5. The number of fused-ring (bicyclic) bond motifs is 3. The van der Waals surface area contributed by atoms with Gasteiger partial charge in [0.1, 0.15) is 11.5 Å². The molecule has 0 saturated carbocycles. The number of halogens is 1. The Morgan fingerprint density at radius 3 is 2.96 bits per heavy atom. The third-order valence-corrected chi connectivity index (χ3v) is 4.83. The zero-order chi connectivity index (χ0) is 18.3. The molecule has 7 nitrogen and oxygen atoms in total. The van der Waals surface area contributed by atoms with Crippen LogP contribution in [-0.2, 0) is 20.0 Å².